The van der Waals surface area contributed by atoms with Crippen LogP contribution in [0.25, 0.3) is 0 Å². The predicted molar refractivity (Wildman–Crippen MR) is 95.5 cm³/mol. The van der Waals surface area contributed by atoms with Gasteiger partial charge in [-0.3, -0.25) is 0 Å². The van der Waals surface area contributed by atoms with E-state index < -0.39 is 6.10 Å². The fourth-order valence-electron chi connectivity index (χ4n) is 4.27. The van der Waals surface area contributed by atoms with Gasteiger partial charge in [0.1, 0.15) is 6.10 Å². The zero-order valence-corrected chi connectivity index (χ0v) is 14.7. The van der Waals surface area contributed by atoms with E-state index in [0.717, 1.165) is 36.1 Å². The molecule has 6 heteroatoms. The second-order valence-electron chi connectivity index (χ2n) is 6.67. The molecule has 4 rings (SSSR count). The number of nitrogens with one attached hydrogen (secondary N) is 1. The molecule has 1 aromatic carbocycles. The van der Waals surface area contributed by atoms with Gasteiger partial charge in [-0.25, -0.2) is 0 Å². The Morgan fingerprint density at radius 3 is 3.08 bits per heavy atom. The van der Waals surface area contributed by atoms with Crippen molar-refractivity contribution in [2.45, 2.75) is 37.0 Å². The van der Waals surface area contributed by atoms with Gasteiger partial charge in [-0.15, -0.1) is 0 Å². The quantitative estimate of drug-likeness (QED) is 0.597. The van der Waals surface area contributed by atoms with Crippen LogP contribution >= 0.6 is 12.2 Å². The molecule has 128 valence electrons. The smallest absolute Gasteiger partial charge is 0.168 e. The first-order valence-corrected chi connectivity index (χ1v) is 8.71. The van der Waals surface area contributed by atoms with Gasteiger partial charge in [0, 0.05) is 32.1 Å². The van der Waals surface area contributed by atoms with Gasteiger partial charge in [0.05, 0.1) is 18.6 Å². The summed E-state index contributed by atoms with van der Waals surface area (Å²) in [5, 5.41) is 13.9. The second kappa shape index (κ2) is 5.63. The lowest BCUT2D eigenvalue weighted by molar-refractivity contribution is 0.0833. The lowest BCUT2D eigenvalue weighted by atomic mass is 9.69. The average Bonchev–Trinajstić information content (AvgIpc) is 2.82. The number of methoxy groups -OCH3 is 1. The number of aliphatic hydroxyl groups is 1. The van der Waals surface area contributed by atoms with Gasteiger partial charge in [-0.1, -0.05) is 18.2 Å². The normalized spacial score (nSPS) is 30.0. The Hall–Kier alpha value is -1.79. The summed E-state index contributed by atoms with van der Waals surface area (Å²) >= 11 is 5.47. The molecule has 2 N–H and O–H groups in total. The zero-order chi connectivity index (χ0) is 16.9. The molecule has 2 heterocycles. The molecular formula is C18H22N2O3S. The van der Waals surface area contributed by atoms with Crippen molar-refractivity contribution in [1.29, 1.82) is 0 Å². The Morgan fingerprint density at radius 1 is 1.50 bits per heavy atom. The minimum Gasteiger partial charge on any atom is -0.493 e. The van der Waals surface area contributed by atoms with Crippen LogP contribution in [0.3, 0.4) is 0 Å². The first-order valence-electron chi connectivity index (χ1n) is 8.30. The molecule has 0 aromatic heterocycles. The van der Waals surface area contributed by atoms with E-state index in [1.807, 2.05) is 19.2 Å². The molecule has 0 saturated carbocycles. The lowest BCUT2D eigenvalue weighted by Crippen LogP contribution is -2.44. The summed E-state index contributed by atoms with van der Waals surface area (Å²) in [4.78, 5) is 2.19. The van der Waals surface area contributed by atoms with E-state index in [1.165, 1.54) is 11.1 Å². The third-order valence-electron chi connectivity index (χ3n) is 5.46. The van der Waals surface area contributed by atoms with Crippen LogP contribution in [-0.2, 0) is 12.0 Å². The van der Waals surface area contributed by atoms with Crippen molar-refractivity contribution in [3.05, 3.63) is 35.4 Å². The van der Waals surface area contributed by atoms with E-state index in [9.17, 15) is 5.11 Å². The Morgan fingerprint density at radius 2 is 2.33 bits per heavy atom. The van der Waals surface area contributed by atoms with Gasteiger partial charge >= 0.3 is 0 Å². The molecule has 2 aliphatic heterocycles. The van der Waals surface area contributed by atoms with Crippen molar-refractivity contribution in [3.8, 4) is 11.5 Å². The summed E-state index contributed by atoms with van der Waals surface area (Å²) < 4.78 is 11.8. The summed E-state index contributed by atoms with van der Waals surface area (Å²) in [5.41, 5.74) is 2.21. The molecule has 3 aliphatic rings. The largest absolute Gasteiger partial charge is 0.493 e. The van der Waals surface area contributed by atoms with Crippen LogP contribution in [0.4, 0.5) is 0 Å². The second-order valence-corrected chi connectivity index (χ2v) is 7.05. The van der Waals surface area contributed by atoms with E-state index in [2.05, 4.69) is 22.4 Å². The third-order valence-corrected chi connectivity index (χ3v) is 5.92. The molecule has 0 radical (unpaired) electrons. The van der Waals surface area contributed by atoms with Crippen molar-refractivity contribution in [3.63, 3.8) is 0 Å². The Labute approximate surface area is 147 Å². The number of thiocarbonyl (C=S) groups is 1. The van der Waals surface area contributed by atoms with Crippen LogP contribution in [-0.4, -0.2) is 48.0 Å². The molecule has 3 atom stereocenters. The van der Waals surface area contributed by atoms with E-state index >= 15 is 0 Å². The highest BCUT2D eigenvalue weighted by Gasteiger charge is 2.52. The number of hydrogen-bond acceptors (Lipinski definition) is 4. The summed E-state index contributed by atoms with van der Waals surface area (Å²) in [7, 11) is 3.53. The maximum absolute atomic E-state index is 10.1. The fourth-order valence-corrected chi connectivity index (χ4v) is 4.42. The summed E-state index contributed by atoms with van der Waals surface area (Å²) in [6.45, 7) is 1.59. The molecule has 1 spiro atoms. The molecule has 1 aliphatic carbocycles. The number of aliphatic hydroxyl groups excluding tert-OH is 1. The van der Waals surface area contributed by atoms with E-state index in [0.29, 0.717) is 6.42 Å². The van der Waals surface area contributed by atoms with Crippen LogP contribution < -0.4 is 14.8 Å². The molecule has 0 saturated heterocycles. The van der Waals surface area contributed by atoms with Crippen LogP contribution in [0.15, 0.2) is 24.3 Å². The highest BCUT2D eigenvalue weighted by Crippen LogP contribution is 2.55. The van der Waals surface area contributed by atoms with Crippen LogP contribution in [0.5, 0.6) is 11.5 Å². The van der Waals surface area contributed by atoms with Crippen molar-refractivity contribution in [2.24, 2.45) is 0 Å². The number of rotatable bonds is 1. The molecule has 24 heavy (non-hydrogen) atoms. The third kappa shape index (κ3) is 2.13. The first-order chi connectivity index (χ1) is 11.6. The highest BCUT2D eigenvalue weighted by atomic mass is 32.1. The predicted octanol–water partition coefficient (Wildman–Crippen LogP) is 1.72. The van der Waals surface area contributed by atoms with Crippen molar-refractivity contribution >= 4 is 17.3 Å². The highest BCUT2D eigenvalue weighted by molar-refractivity contribution is 7.80. The van der Waals surface area contributed by atoms with E-state index in [4.69, 9.17) is 21.7 Å². The average molecular weight is 346 g/mol. The standard InChI is InChI=1S/C18H22N2O3S/c1-19-17(24)20-8-7-18-6-5-12(21)9-14(18)23-16-13(22-2)4-3-11(10-20)15(16)18/h3-6,12,14,21H,7-10H2,1-2H3,(H,19,24)/t12-,14?,18?/m0/s1. The van der Waals surface area contributed by atoms with Crippen LogP contribution in [0.2, 0.25) is 0 Å². The van der Waals surface area contributed by atoms with Gasteiger partial charge in [0.15, 0.2) is 16.6 Å². The molecule has 0 amide bonds. The SMILES string of the molecule is CNC(=S)N1CCC23C=C[C@H](O)CC2Oc2c(OC)ccc(c23)C1. The zero-order valence-electron chi connectivity index (χ0n) is 13.9. The van der Waals surface area contributed by atoms with Gasteiger partial charge in [0.25, 0.3) is 0 Å². The Kier molecular flexibility index (Phi) is 3.69. The monoisotopic (exact) mass is 346 g/mol. The van der Waals surface area contributed by atoms with Crippen LogP contribution in [0, 0.1) is 0 Å². The maximum atomic E-state index is 10.1. The van der Waals surface area contributed by atoms with E-state index in [-0.39, 0.29) is 11.5 Å². The van der Waals surface area contributed by atoms with Gasteiger partial charge < -0.3 is 24.8 Å². The summed E-state index contributed by atoms with van der Waals surface area (Å²) in [5.74, 6) is 1.59. The summed E-state index contributed by atoms with van der Waals surface area (Å²) in [6, 6.07) is 4.08. The van der Waals surface area contributed by atoms with Gasteiger partial charge in [-0.2, -0.15) is 0 Å². The molecule has 5 nitrogen and oxygen atoms in total. The Bertz CT molecular complexity index is 720. The van der Waals surface area contributed by atoms with Crippen molar-refractivity contribution in [2.75, 3.05) is 20.7 Å². The van der Waals surface area contributed by atoms with Gasteiger partial charge in [-0.05, 0) is 30.3 Å². The maximum Gasteiger partial charge on any atom is 0.168 e. The van der Waals surface area contributed by atoms with Gasteiger partial charge in [0.2, 0.25) is 0 Å². The van der Waals surface area contributed by atoms with Crippen molar-refractivity contribution < 1.29 is 14.6 Å². The molecule has 0 bridgehead atoms. The molecular weight excluding hydrogens is 324 g/mol. The van der Waals surface area contributed by atoms with Crippen LogP contribution in [0.1, 0.15) is 24.0 Å². The number of ether oxygens (including phenoxy) is 2. The topological polar surface area (TPSA) is 54.0 Å². The number of nitrogens with zero attached hydrogens (tertiary/aromatic N) is 1. The molecule has 0 fully saturated rings. The minimum atomic E-state index is -0.456. The Balaban J connectivity index is 1.88. The number of hydrogen-bond donors (Lipinski definition) is 2. The van der Waals surface area contributed by atoms with Crippen molar-refractivity contribution in [1.82, 2.24) is 10.2 Å². The number of benzene rings is 1. The lowest BCUT2D eigenvalue weighted by Gasteiger charge is -2.36. The summed E-state index contributed by atoms with van der Waals surface area (Å²) in [6.07, 6.45) is 5.03. The molecule has 1 aromatic rings. The van der Waals surface area contributed by atoms with E-state index in [1.54, 1.807) is 7.11 Å². The first kappa shape index (κ1) is 15.7. The minimum absolute atomic E-state index is 0.0642. The molecule has 2 unspecified atom stereocenters. The fraction of sp³-hybridized carbons (Fsp3) is 0.500.